The summed E-state index contributed by atoms with van der Waals surface area (Å²) >= 11 is 0. The van der Waals surface area contributed by atoms with Gasteiger partial charge in [-0.2, -0.15) is 0 Å². The number of H-pyrrole nitrogens is 1. The van der Waals surface area contributed by atoms with Crippen LogP contribution in [-0.2, 0) is 4.74 Å². The molecule has 4 aromatic rings. The Labute approximate surface area is 206 Å². The molecule has 2 aliphatic rings. The zero-order valence-corrected chi connectivity index (χ0v) is 20.8. The van der Waals surface area contributed by atoms with Crippen molar-refractivity contribution in [1.29, 1.82) is 0 Å². The number of fused-ring (bicyclic) bond motifs is 3. The number of hydrogen-bond acceptors (Lipinski definition) is 5. The van der Waals surface area contributed by atoms with Crippen molar-refractivity contribution in [3.63, 3.8) is 0 Å². The summed E-state index contributed by atoms with van der Waals surface area (Å²) in [6.07, 6.45) is 10.7. The van der Waals surface area contributed by atoms with Crippen LogP contribution in [-0.4, -0.2) is 56.8 Å². The second-order valence-corrected chi connectivity index (χ2v) is 11.0. The third-order valence-electron chi connectivity index (χ3n) is 7.58. The first-order chi connectivity index (χ1) is 16.9. The summed E-state index contributed by atoms with van der Waals surface area (Å²) in [7, 11) is 0. The molecule has 2 fully saturated rings. The van der Waals surface area contributed by atoms with Gasteiger partial charge >= 0.3 is 0 Å². The highest BCUT2D eigenvalue weighted by Gasteiger charge is 2.35. The first-order valence-corrected chi connectivity index (χ1v) is 12.8. The number of nitrogens with one attached hydrogen (secondary N) is 1. The quantitative estimate of drug-likeness (QED) is 0.389. The summed E-state index contributed by atoms with van der Waals surface area (Å²) < 4.78 is 12.5. The van der Waals surface area contributed by atoms with E-state index in [9.17, 15) is 0 Å². The van der Waals surface area contributed by atoms with E-state index in [0.717, 1.165) is 66.3 Å². The van der Waals surface area contributed by atoms with Crippen LogP contribution in [0.2, 0.25) is 0 Å². The monoisotopic (exact) mass is 470 g/mol. The van der Waals surface area contributed by atoms with Gasteiger partial charge in [0.1, 0.15) is 6.10 Å². The third-order valence-corrected chi connectivity index (χ3v) is 7.58. The maximum absolute atomic E-state index is 6.36. The van der Waals surface area contributed by atoms with Crippen LogP contribution in [0.25, 0.3) is 32.9 Å². The van der Waals surface area contributed by atoms with Gasteiger partial charge in [-0.15, -0.1) is 0 Å². The fraction of sp³-hybridized carbons (Fsp3) is 0.448. The van der Waals surface area contributed by atoms with Crippen molar-refractivity contribution in [3.05, 3.63) is 55.0 Å². The molecule has 1 aliphatic heterocycles. The molecule has 1 N–H and O–H groups in total. The summed E-state index contributed by atoms with van der Waals surface area (Å²) in [5.74, 6) is 0.688. The molecule has 0 atom stereocenters. The molecule has 0 unspecified atom stereocenters. The van der Waals surface area contributed by atoms with E-state index in [1.165, 1.54) is 5.39 Å². The van der Waals surface area contributed by atoms with E-state index in [1.54, 1.807) is 0 Å². The maximum Gasteiger partial charge on any atom is 0.213 e. The van der Waals surface area contributed by atoms with Crippen molar-refractivity contribution in [1.82, 2.24) is 19.9 Å². The first-order valence-electron chi connectivity index (χ1n) is 12.8. The number of nitrogens with zero attached hydrogens (tertiary/aromatic N) is 3. The van der Waals surface area contributed by atoms with Gasteiger partial charge in [0, 0.05) is 83.5 Å². The van der Waals surface area contributed by atoms with E-state index in [1.807, 2.05) is 30.7 Å². The number of ether oxygens (including phenoxy) is 2. The Bertz CT molecular complexity index is 1310. The second-order valence-electron chi connectivity index (χ2n) is 11.0. The van der Waals surface area contributed by atoms with Crippen LogP contribution < -0.4 is 4.74 Å². The van der Waals surface area contributed by atoms with Gasteiger partial charge in [0.15, 0.2) is 0 Å². The Balaban J connectivity index is 1.02. The Hall–Kier alpha value is -2.96. The Morgan fingerprint density at radius 1 is 0.857 bits per heavy atom. The van der Waals surface area contributed by atoms with Crippen LogP contribution in [0.4, 0.5) is 0 Å². The predicted octanol–water partition coefficient (Wildman–Crippen LogP) is 5.97. The lowest BCUT2D eigenvalue weighted by atomic mass is 9.91. The number of aromatic nitrogens is 3. The largest absolute Gasteiger partial charge is 0.474 e. The van der Waals surface area contributed by atoms with Crippen molar-refractivity contribution < 1.29 is 9.47 Å². The Morgan fingerprint density at radius 3 is 2.40 bits per heavy atom. The minimum atomic E-state index is 0.198. The summed E-state index contributed by atoms with van der Waals surface area (Å²) in [4.78, 5) is 14.9. The Kier molecular flexibility index (Phi) is 5.73. The summed E-state index contributed by atoms with van der Waals surface area (Å²) in [5.41, 5.74) is 4.67. The van der Waals surface area contributed by atoms with E-state index in [-0.39, 0.29) is 11.6 Å². The lowest BCUT2D eigenvalue weighted by Crippen LogP contribution is -2.49. The van der Waals surface area contributed by atoms with E-state index in [2.05, 4.69) is 64.9 Å². The lowest BCUT2D eigenvalue weighted by molar-refractivity contribution is -0.115. The molecule has 0 amide bonds. The highest BCUT2D eigenvalue weighted by atomic mass is 16.5. The van der Waals surface area contributed by atoms with E-state index in [0.29, 0.717) is 18.1 Å². The normalized spacial score (nSPS) is 21.9. The standard InChI is InChI=1S/C29H34N4O2/c1-29(2,3)33-12-9-21(10-13-33)34-22-15-23(16-22)35-28-7-5-20(17-31-28)19-4-6-24-25-18-30-11-8-26(25)32-27(24)14-19/h4-8,11,14,17-18,21-23,32H,9-10,12-13,15-16H2,1-3H3. The molecule has 0 bridgehead atoms. The van der Waals surface area contributed by atoms with Crippen molar-refractivity contribution in [2.45, 2.75) is 70.3 Å². The van der Waals surface area contributed by atoms with E-state index in [4.69, 9.17) is 9.47 Å². The fourth-order valence-electron chi connectivity index (χ4n) is 5.38. The molecule has 182 valence electrons. The van der Waals surface area contributed by atoms with Crippen molar-refractivity contribution in [2.75, 3.05) is 13.1 Å². The number of piperidine rings is 1. The summed E-state index contributed by atoms with van der Waals surface area (Å²) in [6, 6.07) is 12.5. The van der Waals surface area contributed by atoms with Gasteiger partial charge < -0.3 is 14.5 Å². The number of likely N-dealkylation sites (tertiary alicyclic amines) is 1. The van der Waals surface area contributed by atoms with E-state index < -0.39 is 0 Å². The van der Waals surface area contributed by atoms with Crippen LogP contribution in [0.15, 0.2) is 55.0 Å². The minimum absolute atomic E-state index is 0.198. The average molecular weight is 471 g/mol. The molecular formula is C29H34N4O2. The summed E-state index contributed by atoms with van der Waals surface area (Å²) in [6.45, 7) is 9.14. The molecule has 3 aromatic heterocycles. The molecule has 0 spiro atoms. The highest BCUT2D eigenvalue weighted by Crippen LogP contribution is 2.33. The molecule has 4 heterocycles. The number of benzene rings is 1. The van der Waals surface area contributed by atoms with Crippen molar-refractivity contribution in [2.24, 2.45) is 0 Å². The van der Waals surface area contributed by atoms with Gasteiger partial charge in [-0.3, -0.25) is 9.88 Å². The predicted molar refractivity (Wildman–Crippen MR) is 140 cm³/mol. The number of hydrogen-bond donors (Lipinski definition) is 1. The third kappa shape index (κ3) is 4.65. The molecule has 1 saturated heterocycles. The topological polar surface area (TPSA) is 63.3 Å². The molecule has 35 heavy (non-hydrogen) atoms. The van der Waals surface area contributed by atoms with Gasteiger partial charge in [0.05, 0.1) is 12.2 Å². The second kappa shape index (κ2) is 8.92. The molecule has 1 saturated carbocycles. The number of pyridine rings is 2. The molecular weight excluding hydrogens is 436 g/mol. The molecule has 6 rings (SSSR count). The smallest absolute Gasteiger partial charge is 0.213 e. The number of rotatable bonds is 5. The molecule has 0 radical (unpaired) electrons. The molecule has 6 nitrogen and oxygen atoms in total. The van der Waals surface area contributed by atoms with Crippen molar-refractivity contribution >= 4 is 21.8 Å². The average Bonchev–Trinajstić information content (AvgIpc) is 3.21. The van der Waals surface area contributed by atoms with Gasteiger partial charge in [-0.1, -0.05) is 12.1 Å². The first kappa shape index (κ1) is 22.5. The van der Waals surface area contributed by atoms with Crippen LogP contribution in [0.3, 0.4) is 0 Å². The minimum Gasteiger partial charge on any atom is -0.474 e. The van der Waals surface area contributed by atoms with Crippen LogP contribution in [0.1, 0.15) is 46.5 Å². The fourth-order valence-corrected chi connectivity index (χ4v) is 5.38. The SMILES string of the molecule is CC(C)(C)N1CCC(OC2CC(Oc3ccc(-c4ccc5c(c4)[nH]c4ccncc45)cn3)C2)CC1. The van der Waals surface area contributed by atoms with Gasteiger partial charge in [-0.25, -0.2) is 4.98 Å². The van der Waals surface area contributed by atoms with Gasteiger partial charge in [0.25, 0.3) is 0 Å². The lowest BCUT2D eigenvalue weighted by Gasteiger charge is -2.43. The van der Waals surface area contributed by atoms with Crippen LogP contribution >= 0.6 is 0 Å². The van der Waals surface area contributed by atoms with E-state index >= 15 is 0 Å². The maximum atomic E-state index is 6.36. The molecule has 1 aromatic carbocycles. The molecule has 6 heteroatoms. The number of aromatic amines is 1. The zero-order valence-electron chi connectivity index (χ0n) is 20.8. The van der Waals surface area contributed by atoms with Crippen LogP contribution in [0.5, 0.6) is 5.88 Å². The Morgan fingerprint density at radius 2 is 1.66 bits per heavy atom. The van der Waals surface area contributed by atoms with Gasteiger partial charge in [-0.05, 0) is 57.4 Å². The molecule has 1 aliphatic carbocycles. The highest BCUT2D eigenvalue weighted by molar-refractivity contribution is 6.07. The van der Waals surface area contributed by atoms with Gasteiger partial charge in [0.2, 0.25) is 5.88 Å². The zero-order chi connectivity index (χ0) is 24.0. The summed E-state index contributed by atoms with van der Waals surface area (Å²) in [5, 5.41) is 2.33. The van der Waals surface area contributed by atoms with Crippen molar-refractivity contribution in [3.8, 4) is 17.0 Å². The van der Waals surface area contributed by atoms with Crippen LogP contribution in [0, 0.1) is 0 Å².